The number of halogens is 1. The number of alkyl halides is 1. The monoisotopic (exact) mass is 422 g/mol. The Morgan fingerprint density at radius 1 is 0.839 bits per heavy atom. The van der Waals surface area contributed by atoms with Gasteiger partial charge in [-0.3, -0.25) is 0 Å². The van der Waals surface area contributed by atoms with E-state index in [1.165, 1.54) is 80.0 Å². The zero-order chi connectivity index (χ0) is 21.9. The summed E-state index contributed by atoms with van der Waals surface area (Å²) >= 11 is 0. The van der Waals surface area contributed by atoms with E-state index in [1.807, 2.05) is 0 Å². The summed E-state index contributed by atoms with van der Waals surface area (Å²) in [6.07, 6.45) is 14.5. The van der Waals surface area contributed by atoms with Crippen molar-refractivity contribution in [3.05, 3.63) is 59.7 Å². The van der Waals surface area contributed by atoms with E-state index in [0.717, 1.165) is 18.8 Å². The standard InChI is InChI=1S/C30H43F/c1-3-5-7-11-15-29(31)23-28-22-27(20-21-30(28)26-13-9-8-10-14-26)25-18-16-24(17-19-25)12-6-4-2/h8-10,13-14,20-22,24-25,29H,3-7,11-12,15-19,23H2,1-2H3. The lowest BCUT2D eigenvalue weighted by atomic mass is 9.76. The third-order valence-electron chi connectivity index (χ3n) is 7.31. The SMILES string of the molecule is CCCCCCC(F)Cc1cc(C2CCC(CCCC)CC2)ccc1-c1ccccc1. The molecule has 1 heteroatoms. The predicted octanol–water partition coefficient (Wildman–Crippen LogP) is 9.67. The molecule has 1 saturated carbocycles. The second-order valence-electron chi connectivity index (χ2n) is 9.79. The van der Waals surface area contributed by atoms with Crippen LogP contribution in [0.4, 0.5) is 4.39 Å². The molecule has 0 saturated heterocycles. The first kappa shape index (κ1) is 24.0. The molecular formula is C30H43F. The van der Waals surface area contributed by atoms with Gasteiger partial charge in [0.25, 0.3) is 0 Å². The van der Waals surface area contributed by atoms with E-state index in [1.54, 1.807) is 0 Å². The highest BCUT2D eigenvalue weighted by molar-refractivity contribution is 5.68. The van der Waals surface area contributed by atoms with Gasteiger partial charge in [-0.05, 0) is 66.2 Å². The van der Waals surface area contributed by atoms with Crippen molar-refractivity contribution in [2.75, 3.05) is 0 Å². The van der Waals surface area contributed by atoms with Gasteiger partial charge >= 0.3 is 0 Å². The topological polar surface area (TPSA) is 0 Å². The molecule has 1 unspecified atom stereocenters. The van der Waals surface area contributed by atoms with Crippen molar-refractivity contribution in [3.63, 3.8) is 0 Å². The molecule has 2 aromatic rings. The second-order valence-corrected chi connectivity index (χ2v) is 9.79. The fraction of sp³-hybridized carbons (Fsp3) is 0.600. The van der Waals surface area contributed by atoms with Gasteiger partial charge in [-0.2, -0.15) is 0 Å². The Bertz CT molecular complexity index is 742. The van der Waals surface area contributed by atoms with Crippen LogP contribution in [0.3, 0.4) is 0 Å². The van der Waals surface area contributed by atoms with Crippen molar-refractivity contribution in [3.8, 4) is 11.1 Å². The van der Waals surface area contributed by atoms with Crippen molar-refractivity contribution in [2.45, 2.75) is 109 Å². The van der Waals surface area contributed by atoms with Gasteiger partial charge in [0, 0.05) is 6.42 Å². The molecule has 1 aliphatic carbocycles. The Morgan fingerprint density at radius 2 is 1.58 bits per heavy atom. The zero-order valence-electron chi connectivity index (χ0n) is 19.9. The fourth-order valence-corrected chi connectivity index (χ4v) is 5.35. The zero-order valence-corrected chi connectivity index (χ0v) is 19.9. The smallest absolute Gasteiger partial charge is 0.104 e. The van der Waals surface area contributed by atoms with E-state index in [2.05, 4.69) is 62.4 Å². The molecule has 0 radical (unpaired) electrons. The number of hydrogen-bond acceptors (Lipinski definition) is 0. The Hall–Kier alpha value is -1.63. The van der Waals surface area contributed by atoms with Crippen LogP contribution in [0.25, 0.3) is 11.1 Å². The maximum absolute atomic E-state index is 15.0. The average molecular weight is 423 g/mol. The minimum atomic E-state index is -0.737. The molecule has 0 aromatic heterocycles. The first-order chi connectivity index (χ1) is 15.2. The van der Waals surface area contributed by atoms with Crippen LogP contribution < -0.4 is 0 Å². The van der Waals surface area contributed by atoms with Crippen molar-refractivity contribution >= 4 is 0 Å². The van der Waals surface area contributed by atoms with Crippen LogP contribution in [0.5, 0.6) is 0 Å². The van der Waals surface area contributed by atoms with Crippen molar-refractivity contribution in [1.82, 2.24) is 0 Å². The van der Waals surface area contributed by atoms with Gasteiger partial charge in [0.1, 0.15) is 6.17 Å². The Morgan fingerprint density at radius 3 is 2.29 bits per heavy atom. The van der Waals surface area contributed by atoms with Crippen LogP contribution in [0.15, 0.2) is 48.5 Å². The molecule has 3 rings (SSSR count). The van der Waals surface area contributed by atoms with Crippen molar-refractivity contribution < 1.29 is 4.39 Å². The highest BCUT2D eigenvalue weighted by Crippen LogP contribution is 2.39. The maximum Gasteiger partial charge on any atom is 0.104 e. The maximum atomic E-state index is 15.0. The third kappa shape index (κ3) is 7.48. The molecule has 1 atom stereocenters. The number of unbranched alkanes of at least 4 members (excludes halogenated alkanes) is 4. The highest BCUT2D eigenvalue weighted by Gasteiger charge is 2.23. The van der Waals surface area contributed by atoms with E-state index in [9.17, 15) is 4.39 Å². The normalized spacial score (nSPS) is 20.0. The summed E-state index contributed by atoms with van der Waals surface area (Å²) in [6.45, 7) is 4.51. The number of rotatable bonds is 12. The lowest BCUT2D eigenvalue weighted by Crippen LogP contribution is -2.14. The van der Waals surface area contributed by atoms with Crippen molar-refractivity contribution in [1.29, 1.82) is 0 Å². The summed E-state index contributed by atoms with van der Waals surface area (Å²) in [5.74, 6) is 1.58. The first-order valence-corrected chi connectivity index (χ1v) is 13.0. The second kappa shape index (κ2) is 13.0. The molecule has 0 aliphatic heterocycles. The predicted molar refractivity (Wildman–Crippen MR) is 133 cm³/mol. The molecule has 0 nitrogen and oxygen atoms in total. The minimum Gasteiger partial charge on any atom is -0.247 e. The molecule has 0 amide bonds. The van der Waals surface area contributed by atoms with Crippen LogP contribution >= 0.6 is 0 Å². The molecule has 2 aromatic carbocycles. The van der Waals surface area contributed by atoms with Crippen LogP contribution in [-0.4, -0.2) is 6.17 Å². The summed E-state index contributed by atoms with van der Waals surface area (Å²) in [5, 5.41) is 0. The van der Waals surface area contributed by atoms with E-state index in [0.29, 0.717) is 18.8 Å². The van der Waals surface area contributed by atoms with Crippen LogP contribution in [-0.2, 0) is 6.42 Å². The first-order valence-electron chi connectivity index (χ1n) is 13.0. The molecule has 31 heavy (non-hydrogen) atoms. The molecular weight excluding hydrogens is 379 g/mol. The van der Waals surface area contributed by atoms with Gasteiger partial charge in [-0.25, -0.2) is 4.39 Å². The molecule has 1 fully saturated rings. The van der Waals surface area contributed by atoms with E-state index in [-0.39, 0.29) is 0 Å². The summed E-state index contributed by atoms with van der Waals surface area (Å²) in [6, 6.07) is 17.5. The Balaban J connectivity index is 1.71. The molecule has 170 valence electrons. The Labute approximate surface area is 190 Å². The van der Waals surface area contributed by atoms with Crippen LogP contribution in [0, 0.1) is 5.92 Å². The van der Waals surface area contributed by atoms with Gasteiger partial charge in [0.2, 0.25) is 0 Å². The molecule has 0 bridgehead atoms. The van der Waals surface area contributed by atoms with Gasteiger partial charge < -0.3 is 0 Å². The summed E-state index contributed by atoms with van der Waals surface area (Å²) in [5.41, 5.74) is 5.09. The van der Waals surface area contributed by atoms with Crippen LogP contribution in [0.1, 0.15) is 108 Å². The lowest BCUT2D eigenvalue weighted by Gasteiger charge is -2.29. The quantitative estimate of drug-likeness (QED) is 0.299. The van der Waals surface area contributed by atoms with Gasteiger partial charge in [-0.15, -0.1) is 0 Å². The van der Waals surface area contributed by atoms with Gasteiger partial charge in [-0.1, -0.05) is 107 Å². The third-order valence-corrected chi connectivity index (χ3v) is 7.31. The minimum absolute atomic E-state index is 0.552. The van der Waals surface area contributed by atoms with E-state index >= 15 is 0 Å². The van der Waals surface area contributed by atoms with E-state index in [4.69, 9.17) is 0 Å². The summed E-state index contributed by atoms with van der Waals surface area (Å²) in [7, 11) is 0. The number of benzene rings is 2. The Kier molecular flexibility index (Phi) is 10.1. The van der Waals surface area contributed by atoms with Crippen LogP contribution in [0.2, 0.25) is 0 Å². The van der Waals surface area contributed by atoms with E-state index < -0.39 is 6.17 Å². The largest absolute Gasteiger partial charge is 0.247 e. The van der Waals surface area contributed by atoms with Gasteiger partial charge in [0.15, 0.2) is 0 Å². The lowest BCUT2D eigenvalue weighted by molar-refractivity contribution is 0.301. The molecule has 1 aliphatic rings. The molecule has 0 heterocycles. The summed E-state index contributed by atoms with van der Waals surface area (Å²) < 4.78 is 15.0. The number of hydrogen-bond donors (Lipinski definition) is 0. The molecule has 0 spiro atoms. The molecule has 0 N–H and O–H groups in total. The summed E-state index contributed by atoms with van der Waals surface area (Å²) in [4.78, 5) is 0. The van der Waals surface area contributed by atoms with Crippen molar-refractivity contribution in [2.24, 2.45) is 5.92 Å². The van der Waals surface area contributed by atoms with Gasteiger partial charge in [0.05, 0.1) is 0 Å². The average Bonchev–Trinajstić information content (AvgIpc) is 2.81. The highest BCUT2D eigenvalue weighted by atomic mass is 19.1. The fourth-order valence-electron chi connectivity index (χ4n) is 5.35.